The number of hydrogen-bond donors (Lipinski definition) is 2. The zero-order chi connectivity index (χ0) is 12.8. The molecule has 0 atom stereocenters. The van der Waals surface area contributed by atoms with Gasteiger partial charge in [-0.15, -0.1) is 0 Å². The molecule has 0 saturated carbocycles. The van der Waals surface area contributed by atoms with Gasteiger partial charge < -0.3 is 20.5 Å². The van der Waals surface area contributed by atoms with Crippen LogP contribution in [0.4, 0.5) is 5.69 Å². The number of piperidine rings is 1. The molecule has 0 spiro atoms. The molecule has 4 nitrogen and oxygen atoms in total. The van der Waals surface area contributed by atoms with Crippen molar-refractivity contribution in [2.45, 2.75) is 19.3 Å². The van der Waals surface area contributed by atoms with Gasteiger partial charge in [0.2, 0.25) is 0 Å². The van der Waals surface area contributed by atoms with Crippen LogP contribution in [-0.4, -0.2) is 26.8 Å². The van der Waals surface area contributed by atoms with E-state index < -0.39 is 0 Å². The number of rotatable bonds is 5. The van der Waals surface area contributed by atoms with Gasteiger partial charge in [-0.25, -0.2) is 0 Å². The van der Waals surface area contributed by atoms with E-state index in [9.17, 15) is 0 Å². The number of nitrogen functional groups attached to an aromatic ring is 1. The van der Waals surface area contributed by atoms with Crippen LogP contribution in [-0.2, 0) is 0 Å². The third kappa shape index (κ3) is 3.53. The summed E-state index contributed by atoms with van der Waals surface area (Å²) in [5.41, 5.74) is 6.40. The molecule has 2 rings (SSSR count). The predicted molar refractivity (Wildman–Crippen MR) is 73.1 cm³/mol. The zero-order valence-corrected chi connectivity index (χ0v) is 10.9. The van der Waals surface area contributed by atoms with Gasteiger partial charge in [-0.05, 0) is 50.4 Å². The van der Waals surface area contributed by atoms with Crippen LogP contribution in [0.25, 0.3) is 0 Å². The Bertz CT molecular complexity index is 376. The van der Waals surface area contributed by atoms with E-state index in [1.807, 2.05) is 12.1 Å². The summed E-state index contributed by atoms with van der Waals surface area (Å²) in [6, 6.07) is 5.50. The van der Waals surface area contributed by atoms with Gasteiger partial charge in [0.1, 0.15) is 0 Å². The first kappa shape index (κ1) is 13.0. The second-order valence-corrected chi connectivity index (χ2v) is 4.74. The Hall–Kier alpha value is -1.42. The first-order chi connectivity index (χ1) is 8.79. The van der Waals surface area contributed by atoms with Gasteiger partial charge in [-0.3, -0.25) is 0 Å². The minimum absolute atomic E-state index is 0.692. The van der Waals surface area contributed by atoms with Gasteiger partial charge >= 0.3 is 0 Å². The summed E-state index contributed by atoms with van der Waals surface area (Å²) in [5, 5.41) is 3.37. The van der Waals surface area contributed by atoms with Crippen molar-refractivity contribution in [3.63, 3.8) is 0 Å². The molecule has 1 aliphatic rings. The molecule has 18 heavy (non-hydrogen) atoms. The van der Waals surface area contributed by atoms with Crippen LogP contribution >= 0.6 is 0 Å². The fourth-order valence-corrected chi connectivity index (χ4v) is 2.31. The predicted octanol–water partition coefficient (Wildman–Crippen LogP) is 2.05. The summed E-state index contributed by atoms with van der Waals surface area (Å²) in [6.07, 6.45) is 3.61. The molecule has 0 aromatic heterocycles. The SMILES string of the molecule is COc1cc(N)ccc1OCCC1CCNCC1. The Morgan fingerprint density at radius 1 is 1.28 bits per heavy atom. The van der Waals surface area contributed by atoms with Crippen molar-refractivity contribution in [2.24, 2.45) is 5.92 Å². The normalized spacial score (nSPS) is 16.5. The molecule has 1 aliphatic heterocycles. The van der Waals surface area contributed by atoms with Crippen LogP contribution in [0.2, 0.25) is 0 Å². The lowest BCUT2D eigenvalue weighted by atomic mass is 9.95. The Morgan fingerprint density at radius 3 is 2.78 bits per heavy atom. The molecule has 4 heteroatoms. The fraction of sp³-hybridized carbons (Fsp3) is 0.571. The highest BCUT2D eigenvalue weighted by Crippen LogP contribution is 2.29. The molecule has 1 fully saturated rings. The minimum atomic E-state index is 0.692. The van der Waals surface area contributed by atoms with E-state index in [4.69, 9.17) is 15.2 Å². The lowest BCUT2D eigenvalue weighted by Crippen LogP contribution is -2.28. The molecule has 0 amide bonds. The van der Waals surface area contributed by atoms with E-state index in [-0.39, 0.29) is 0 Å². The van der Waals surface area contributed by atoms with Crippen LogP contribution in [0.15, 0.2) is 18.2 Å². The van der Waals surface area contributed by atoms with Gasteiger partial charge in [0.15, 0.2) is 11.5 Å². The van der Waals surface area contributed by atoms with Gasteiger partial charge in [-0.1, -0.05) is 0 Å². The van der Waals surface area contributed by atoms with Crippen molar-refractivity contribution >= 4 is 5.69 Å². The molecule has 100 valence electrons. The number of ether oxygens (including phenoxy) is 2. The van der Waals surface area contributed by atoms with Gasteiger partial charge in [0.25, 0.3) is 0 Å². The van der Waals surface area contributed by atoms with Crippen LogP contribution in [0.1, 0.15) is 19.3 Å². The van der Waals surface area contributed by atoms with E-state index in [1.54, 1.807) is 13.2 Å². The summed E-state index contributed by atoms with van der Waals surface area (Å²) < 4.78 is 11.0. The fourth-order valence-electron chi connectivity index (χ4n) is 2.31. The molecule has 0 bridgehead atoms. The topological polar surface area (TPSA) is 56.5 Å². The van der Waals surface area contributed by atoms with Crippen molar-refractivity contribution < 1.29 is 9.47 Å². The smallest absolute Gasteiger partial charge is 0.162 e. The standard InChI is InChI=1S/C14H22N2O2/c1-17-14-10-12(15)2-3-13(14)18-9-6-11-4-7-16-8-5-11/h2-3,10-11,16H,4-9,15H2,1H3. The number of nitrogens with one attached hydrogen (secondary N) is 1. The van der Waals surface area contributed by atoms with E-state index in [0.29, 0.717) is 11.4 Å². The van der Waals surface area contributed by atoms with Crippen LogP contribution < -0.4 is 20.5 Å². The van der Waals surface area contributed by atoms with Crippen molar-refractivity contribution in [2.75, 3.05) is 32.5 Å². The molecule has 0 unspecified atom stereocenters. The molecule has 1 aromatic carbocycles. The number of methoxy groups -OCH3 is 1. The Labute approximate surface area is 108 Å². The number of benzene rings is 1. The van der Waals surface area contributed by atoms with Gasteiger partial charge in [0, 0.05) is 11.8 Å². The maximum atomic E-state index is 5.78. The quantitative estimate of drug-likeness (QED) is 0.785. The van der Waals surface area contributed by atoms with Crippen LogP contribution in [0.3, 0.4) is 0 Å². The molecule has 0 aliphatic carbocycles. The number of anilines is 1. The monoisotopic (exact) mass is 250 g/mol. The third-order valence-corrected chi connectivity index (χ3v) is 3.43. The average Bonchev–Trinajstić information content (AvgIpc) is 2.41. The summed E-state index contributed by atoms with van der Waals surface area (Å²) in [5.74, 6) is 2.27. The first-order valence-electron chi connectivity index (χ1n) is 6.56. The molecule has 1 aromatic rings. The summed E-state index contributed by atoms with van der Waals surface area (Å²) >= 11 is 0. The third-order valence-electron chi connectivity index (χ3n) is 3.43. The van der Waals surface area contributed by atoms with Crippen molar-refractivity contribution in [3.8, 4) is 11.5 Å². The molecular formula is C14H22N2O2. The summed E-state index contributed by atoms with van der Waals surface area (Å²) in [4.78, 5) is 0. The Kier molecular flexibility index (Phi) is 4.70. The number of hydrogen-bond acceptors (Lipinski definition) is 4. The first-order valence-corrected chi connectivity index (χ1v) is 6.56. The van der Waals surface area contributed by atoms with Crippen molar-refractivity contribution in [1.82, 2.24) is 5.32 Å². The second kappa shape index (κ2) is 6.50. The minimum Gasteiger partial charge on any atom is -0.493 e. The van der Waals surface area contributed by atoms with Gasteiger partial charge in [0.05, 0.1) is 13.7 Å². The maximum Gasteiger partial charge on any atom is 0.162 e. The van der Waals surface area contributed by atoms with E-state index >= 15 is 0 Å². The highest BCUT2D eigenvalue weighted by atomic mass is 16.5. The largest absolute Gasteiger partial charge is 0.493 e. The van der Waals surface area contributed by atoms with Crippen molar-refractivity contribution in [1.29, 1.82) is 0 Å². The maximum absolute atomic E-state index is 5.78. The van der Waals surface area contributed by atoms with Crippen molar-refractivity contribution in [3.05, 3.63) is 18.2 Å². The van der Waals surface area contributed by atoms with E-state index in [1.165, 1.54) is 12.8 Å². The van der Waals surface area contributed by atoms with Crippen LogP contribution in [0, 0.1) is 5.92 Å². The second-order valence-electron chi connectivity index (χ2n) is 4.74. The summed E-state index contributed by atoms with van der Waals surface area (Å²) in [6.45, 7) is 3.01. The highest BCUT2D eigenvalue weighted by molar-refractivity contribution is 5.51. The summed E-state index contributed by atoms with van der Waals surface area (Å²) in [7, 11) is 1.63. The highest BCUT2D eigenvalue weighted by Gasteiger charge is 2.13. The molecule has 0 radical (unpaired) electrons. The Morgan fingerprint density at radius 2 is 2.06 bits per heavy atom. The average molecular weight is 250 g/mol. The molecule has 3 N–H and O–H groups in total. The van der Waals surface area contributed by atoms with Crippen LogP contribution in [0.5, 0.6) is 11.5 Å². The van der Waals surface area contributed by atoms with Gasteiger partial charge in [-0.2, -0.15) is 0 Å². The molecule has 1 saturated heterocycles. The van der Waals surface area contributed by atoms with E-state index in [0.717, 1.165) is 37.8 Å². The molecular weight excluding hydrogens is 228 g/mol. The Balaban J connectivity index is 1.82. The molecule has 1 heterocycles. The zero-order valence-electron chi connectivity index (χ0n) is 10.9. The lowest BCUT2D eigenvalue weighted by molar-refractivity contribution is 0.243. The lowest BCUT2D eigenvalue weighted by Gasteiger charge is -2.22. The van der Waals surface area contributed by atoms with E-state index in [2.05, 4.69) is 5.32 Å². The number of nitrogens with two attached hydrogens (primary N) is 1.